The third-order valence-corrected chi connectivity index (χ3v) is 12.2. The average molecular weight is 779 g/mol. The smallest absolute Gasteiger partial charge is 0.145 e. The van der Waals surface area contributed by atoms with Crippen LogP contribution in [-0.2, 0) is 0 Å². The third-order valence-electron chi connectivity index (χ3n) is 12.2. The summed E-state index contributed by atoms with van der Waals surface area (Å²) in [7, 11) is 0. The fourth-order valence-corrected chi connectivity index (χ4v) is 9.32. The highest BCUT2D eigenvalue weighted by Gasteiger charge is 2.24. The van der Waals surface area contributed by atoms with Crippen molar-refractivity contribution in [2.75, 3.05) is 4.90 Å². The lowest BCUT2D eigenvalue weighted by atomic mass is 9.97. The molecule has 2 heterocycles. The normalized spacial score (nSPS) is 11.6. The minimum atomic E-state index is 0.852. The molecule has 0 aliphatic carbocycles. The van der Waals surface area contributed by atoms with Crippen molar-refractivity contribution in [3.05, 3.63) is 231 Å². The van der Waals surface area contributed by atoms with E-state index in [0.717, 1.165) is 55.8 Å². The maximum absolute atomic E-state index is 7.00. The summed E-state index contributed by atoms with van der Waals surface area (Å²) in [4.78, 5) is 2.38. The standard InChI is InChI=1S/C58H38N2O/c1-2-14-39(15-3-1)41-28-32-45(33-29-41)59(46-34-30-42(31-35-46)44-27-26-40-16-4-5-17-43(40)38-44)55-37-36-50(58-57(55)51-21-9-13-25-56(51)61-58)49-20-8-12-24-54(49)60-52-22-10-6-18-47(52)48-19-7-11-23-53(48)60/h1-38H. The molecular formula is C58H38N2O. The molecule has 0 atom stereocenters. The van der Waals surface area contributed by atoms with Crippen molar-refractivity contribution < 1.29 is 4.42 Å². The van der Waals surface area contributed by atoms with Crippen LogP contribution < -0.4 is 4.90 Å². The predicted octanol–water partition coefficient (Wildman–Crippen LogP) is 16.3. The molecule has 61 heavy (non-hydrogen) atoms. The Hall–Kier alpha value is -8.14. The largest absolute Gasteiger partial charge is 0.455 e. The Balaban J connectivity index is 1.07. The number of para-hydroxylation sites is 4. The number of hydrogen-bond acceptors (Lipinski definition) is 2. The molecule has 3 nitrogen and oxygen atoms in total. The summed E-state index contributed by atoms with van der Waals surface area (Å²) in [5.41, 5.74) is 15.2. The molecule has 0 spiro atoms. The van der Waals surface area contributed by atoms with Crippen molar-refractivity contribution in [3.63, 3.8) is 0 Å². The van der Waals surface area contributed by atoms with Gasteiger partial charge in [0.1, 0.15) is 11.2 Å². The van der Waals surface area contributed by atoms with E-state index in [1.165, 1.54) is 54.8 Å². The second-order valence-corrected chi connectivity index (χ2v) is 15.7. The second kappa shape index (κ2) is 14.3. The van der Waals surface area contributed by atoms with Gasteiger partial charge in [0.05, 0.1) is 27.8 Å². The van der Waals surface area contributed by atoms with Gasteiger partial charge in [-0.25, -0.2) is 0 Å². The lowest BCUT2D eigenvalue weighted by Gasteiger charge is -2.27. The number of fused-ring (bicyclic) bond motifs is 7. The van der Waals surface area contributed by atoms with E-state index in [1.807, 2.05) is 0 Å². The quantitative estimate of drug-likeness (QED) is 0.161. The van der Waals surface area contributed by atoms with Crippen LogP contribution in [0.25, 0.3) is 93.6 Å². The van der Waals surface area contributed by atoms with Crippen LogP contribution in [0.5, 0.6) is 0 Å². The number of benzene rings is 10. The van der Waals surface area contributed by atoms with Crippen molar-refractivity contribution in [2.45, 2.75) is 0 Å². The summed E-state index contributed by atoms with van der Waals surface area (Å²) in [5.74, 6) is 0. The van der Waals surface area contributed by atoms with Crippen molar-refractivity contribution in [1.29, 1.82) is 0 Å². The molecule has 10 aromatic carbocycles. The highest BCUT2D eigenvalue weighted by atomic mass is 16.3. The van der Waals surface area contributed by atoms with E-state index in [1.54, 1.807) is 0 Å². The van der Waals surface area contributed by atoms with Crippen LogP contribution in [0.4, 0.5) is 17.1 Å². The fraction of sp³-hybridized carbons (Fsp3) is 0. The fourth-order valence-electron chi connectivity index (χ4n) is 9.32. The van der Waals surface area contributed by atoms with Gasteiger partial charge in [0.2, 0.25) is 0 Å². The summed E-state index contributed by atoms with van der Waals surface area (Å²) in [6.45, 7) is 0. The van der Waals surface area contributed by atoms with Gasteiger partial charge in [-0.1, -0.05) is 164 Å². The molecule has 0 saturated heterocycles. The number of anilines is 3. The molecule has 2 aromatic heterocycles. The number of nitrogens with zero attached hydrogens (tertiary/aromatic N) is 2. The zero-order chi connectivity index (χ0) is 40.3. The molecule has 12 rings (SSSR count). The second-order valence-electron chi connectivity index (χ2n) is 15.7. The van der Waals surface area contributed by atoms with Crippen LogP contribution in [0, 0.1) is 0 Å². The van der Waals surface area contributed by atoms with Crippen LogP contribution in [-0.4, -0.2) is 4.57 Å². The number of hydrogen-bond donors (Lipinski definition) is 0. The number of aromatic nitrogens is 1. The minimum absolute atomic E-state index is 0.852. The summed E-state index contributed by atoms with van der Waals surface area (Å²) >= 11 is 0. The first-order valence-electron chi connectivity index (χ1n) is 20.8. The lowest BCUT2D eigenvalue weighted by Crippen LogP contribution is -2.10. The molecule has 286 valence electrons. The van der Waals surface area contributed by atoms with E-state index in [-0.39, 0.29) is 0 Å². The summed E-state index contributed by atoms with van der Waals surface area (Å²) in [5, 5.41) is 7.08. The molecule has 3 heteroatoms. The first-order valence-corrected chi connectivity index (χ1v) is 20.8. The average Bonchev–Trinajstić information content (AvgIpc) is 3.89. The minimum Gasteiger partial charge on any atom is -0.455 e. The summed E-state index contributed by atoms with van der Waals surface area (Å²) < 4.78 is 9.40. The Morgan fingerprint density at radius 3 is 1.62 bits per heavy atom. The monoisotopic (exact) mass is 778 g/mol. The van der Waals surface area contributed by atoms with E-state index < -0.39 is 0 Å². The van der Waals surface area contributed by atoms with E-state index in [0.29, 0.717) is 0 Å². The molecule has 0 amide bonds. The van der Waals surface area contributed by atoms with Crippen LogP contribution in [0.1, 0.15) is 0 Å². The van der Waals surface area contributed by atoms with E-state index in [9.17, 15) is 0 Å². The predicted molar refractivity (Wildman–Crippen MR) is 257 cm³/mol. The molecular weight excluding hydrogens is 741 g/mol. The first-order chi connectivity index (χ1) is 30.3. The van der Waals surface area contributed by atoms with Crippen molar-refractivity contribution >= 4 is 71.6 Å². The molecule has 0 bridgehead atoms. The Kier molecular flexibility index (Phi) is 8.17. The molecule has 0 fully saturated rings. The van der Waals surface area contributed by atoms with E-state index in [2.05, 4.69) is 240 Å². The molecule has 0 saturated carbocycles. The van der Waals surface area contributed by atoms with Gasteiger partial charge in [0.15, 0.2) is 0 Å². The van der Waals surface area contributed by atoms with Gasteiger partial charge in [0.25, 0.3) is 0 Å². The highest BCUT2D eigenvalue weighted by Crippen LogP contribution is 2.48. The van der Waals surface area contributed by atoms with Gasteiger partial charge in [-0.15, -0.1) is 0 Å². The SMILES string of the molecule is c1ccc(-c2ccc(N(c3ccc(-c4ccc5ccccc5c4)cc3)c3ccc(-c4ccccc4-n4c5ccccc5c5ccccc54)c4oc5ccccc5c34)cc2)cc1. The zero-order valence-electron chi connectivity index (χ0n) is 33.2. The maximum atomic E-state index is 7.00. The van der Waals surface area contributed by atoms with Gasteiger partial charge in [-0.05, 0) is 99.8 Å². The van der Waals surface area contributed by atoms with Crippen molar-refractivity contribution in [2.24, 2.45) is 0 Å². The summed E-state index contributed by atoms with van der Waals surface area (Å²) in [6.07, 6.45) is 0. The van der Waals surface area contributed by atoms with Crippen molar-refractivity contribution in [3.8, 4) is 39.1 Å². The van der Waals surface area contributed by atoms with Crippen LogP contribution in [0.15, 0.2) is 235 Å². The Bertz CT molecular complexity index is 3520. The topological polar surface area (TPSA) is 21.3 Å². The van der Waals surface area contributed by atoms with Gasteiger partial charge in [-0.3, -0.25) is 0 Å². The van der Waals surface area contributed by atoms with Gasteiger partial charge < -0.3 is 13.9 Å². The van der Waals surface area contributed by atoms with Crippen LogP contribution >= 0.6 is 0 Å². The molecule has 12 aromatic rings. The lowest BCUT2D eigenvalue weighted by molar-refractivity contribution is 0.670. The maximum Gasteiger partial charge on any atom is 0.145 e. The van der Waals surface area contributed by atoms with Crippen molar-refractivity contribution in [1.82, 2.24) is 4.57 Å². The first kappa shape index (κ1) is 34.9. The van der Waals surface area contributed by atoms with E-state index in [4.69, 9.17) is 4.42 Å². The van der Waals surface area contributed by atoms with Crippen LogP contribution in [0.2, 0.25) is 0 Å². The van der Waals surface area contributed by atoms with Gasteiger partial charge in [-0.2, -0.15) is 0 Å². The molecule has 0 N–H and O–H groups in total. The zero-order valence-corrected chi connectivity index (χ0v) is 33.2. The Morgan fingerprint density at radius 2 is 0.902 bits per heavy atom. The molecule has 0 radical (unpaired) electrons. The Labute approximate surface area is 353 Å². The third kappa shape index (κ3) is 5.82. The molecule has 0 aliphatic rings. The van der Waals surface area contributed by atoms with Crippen LogP contribution in [0.3, 0.4) is 0 Å². The molecule has 0 unspecified atom stereocenters. The van der Waals surface area contributed by atoms with E-state index >= 15 is 0 Å². The van der Waals surface area contributed by atoms with Gasteiger partial charge in [0, 0.05) is 38.7 Å². The number of rotatable bonds is 7. The summed E-state index contributed by atoms with van der Waals surface area (Å²) in [6, 6.07) is 82.8. The highest BCUT2D eigenvalue weighted by molar-refractivity contribution is 6.18. The Morgan fingerprint density at radius 1 is 0.361 bits per heavy atom. The van der Waals surface area contributed by atoms with Gasteiger partial charge >= 0.3 is 0 Å². The molecule has 0 aliphatic heterocycles. The number of furan rings is 1.